The molecule has 0 spiro atoms. The van der Waals surface area contributed by atoms with Gasteiger partial charge in [-0.05, 0) is 43.9 Å². The van der Waals surface area contributed by atoms with Gasteiger partial charge >= 0.3 is 12.0 Å². The van der Waals surface area contributed by atoms with E-state index in [9.17, 15) is 18.8 Å². The van der Waals surface area contributed by atoms with Gasteiger partial charge in [0.1, 0.15) is 5.82 Å². The van der Waals surface area contributed by atoms with Crippen molar-refractivity contribution in [3.63, 3.8) is 0 Å². The molecule has 154 valence electrons. The number of unbranched alkanes of at least 4 members (excludes halogenated alkanes) is 2. The average Bonchev–Trinajstić information content (AvgIpc) is 2.67. The molecule has 0 heterocycles. The molecule has 0 atom stereocenters. The van der Waals surface area contributed by atoms with Crippen molar-refractivity contribution < 1.29 is 23.9 Å². The molecule has 0 bridgehead atoms. The van der Waals surface area contributed by atoms with Crippen LogP contribution in [0.3, 0.4) is 0 Å². The van der Waals surface area contributed by atoms with Crippen molar-refractivity contribution in [3.05, 3.63) is 29.6 Å². The number of carboxylic acids is 1. The Morgan fingerprint density at radius 3 is 2.54 bits per heavy atom. The van der Waals surface area contributed by atoms with Crippen LogP contribution in [0.25, 0.3) is 0 Å². The van der Waals surface area contributed by atoms with E-state index in [4.69, 9.17) is 5.11 Å². The first kappa shape index (κ1) is 21.7. The normalized spacial score (nSPS) is 14.3. The molecule has 1 aliphatic carbocycles. The summed E-state index contributed by atoms with van der Waals surface area (Å²) in [6.07, 6.45) is 7.93. The fraction of sp³-hybridized carbons (Fsp3) is 0.550. The SMILES string of the molecule is O=C(CCCCCNC(=O)NC1CCCCC1)Nc1cc(C(=O)O)ccc1F. The van der Waals surface area contributed by atoms with E-state index in [2.05, 4.69) is 16.0 Å². The highest BCUT2D eigenvalue weighted by Crippen LogP contribution is 2.18. The van der Waals surface area contributed by atoms with Gasteiger partial charge < -0.3 is 21.1 Å². The van der Waals surface area contributed by atoms with Crippen molar-refractivity contribution in [1.82, 2.24) is 10.6 Å². The number of carbonyl (C=O) groups is 3. The third-order valence-corrected chi connectivity index (χ3v) is 4.79. The van der Waals surface area contributed by atoms with Gasteiger partial charge in [-0.2, -0.15) is 0 Å². The van der Waals surface area contributed by atoms with Gasteiger partial charge in [-0.15, -0.1) is 0 Å². The Bertz CT molecular complexity index is 690. The minimum Gasteiger partial charge on any atom is -0.478 e. The summed E-state index contributed by atoms with van der Waals surface area (Å²) in [5.74, 6) is -2.23. The molecule has 7 nitrogen and oxygen atoms in total. The molecular weight excluding hydrogens is 365 g/mol. The molecule has 8 heteroatoms. The van der Waals surface area contributed by atoms with Gasteiger partial charge in [0.25, 0.3) is 0 Å². The first-order valence-corrected chi connectivity index (χ1v) is 9.83. The summed E-state index contributed by atoms with van der Waals surface area (Å²) in [4.78, 5) is 34.6. The molecule has 0 aromatic heterocycles. The Morgan fingerprint density at radius 1 is 1.07 bits per heavy atom. The van der Waals surface area contributed by atoms with Crippen LogP contribution in [0, 0.1) is 5.82 Å². The van der Waals surface area contributed by atoms with E-state index < -0.39 is 11.8 Å². The molecular formula is C20H28FN3O4. The van der Waals surface area contributed by atoms with Crippen molar-refractivity contribution in [2.75, 3.05) is 11.9 Å². The molecule has 0 saturated heterocycles. The number of hydrogen-bond acceptors (Lipinski definition) is 3. The summed E-state index contributed by atoms with van der Waals surface area (Å²) in [5.41, 5.74) is -0.222. The van der Waals surface area contributed by atoms with Crippen LogP contribution >= 0.6 is 0 Å². The van der Waals surface area contributed by atoms with Crippen LogP contribution in [0.1, 0.15) is 68.1 Å². The second-order valence-corrected chi connectivity index (χ2v) is 7.09. The number of halogens is 1. The average molecular weight is 393 g/mol. The number of nitrogens with one attached hydrogen (secondary N) is 3. The van der Waals surface area contributed by atoms with Crippen LogP contribution < -0.4 is 16.0 Å². The molecule has 0 unspecified atom stereocenters. The van der Waals surface area contributed by atoms with E-state index in [-0.39, 0.29) is 35.7 Å². The number of aromatic carboxylic acids is 1. The highest BCUT2D eigenvalue weighted by atomic mass is 19.1. The van der Waals surface area contributed by atoms with Gasteiger partial charge in [0.05, 0.1) is 11.3 Å². The lowest BCUT2D eigenvalue weighted by atomic mass is 9.96. The summed E-state index contributed by atoms with van der Waals surface area (Å²) >= 11 is 0. The number of carbonyl (C=O) groups excluding carboxylic acids is 2. The molecule has 3 amide bonds. The number of amides is 3. The van der Waals surface area contributed by atoms with E-state index in [0.29, 0.717) is 13.0 Å². The highest BCUT2D eigenvalue weighted by Gasteiger charge is 2.15. The largest absolute Gasteiger partial charge is 0.478 e. The summed E-state index contributed by atoms with van der Waals surface area (Å²) in [6, 6.07) is 3.40. The molecule has 1 saturated carbocycles. The molecule has 0 aliphatic heterocycles. The van der Waals surface area contributed by atoms with Gasteiger partial charge in [-0.25, -0.2) is 14.0 Å². The lowest BCUT2D eigenvalue weighted by molar-refractivity contribution is -0.116. The van der Waals surface area contributed by atoms with Gasteiger partial charge in [0.2, 0.25) is 5.91 Å². The fourth-order valence-corrected chi connectivity index (χ4v) is 3.24. The highest BCUT2D eigenvalue weighted by molar-refractivity contribution is 5.94. The maximum atomic E-state index is 13.7. The Labute approximate surface area is 164 Å². The number of benzene rings is 1. The van der Waals surface area contributed by atoms with Crippen LogP contribution in [0.15, 0.2) is 18.2 Å². The van der Waals surface area contributed by atoms with Gasteiger partial charge in [0.15, 0.2) is 0 Å². The molecule has 4 N–H and O–H groups in total. The molecule has 28 heavy (non-hydrogen) atoms. The molecule has 1 aliphatic rings. The Morgan fingerprint density at radius 2 is 1.82 bits per heavy atom. The van der Waals surface area contributed by atoms with Crippen molar-refractivity contribution in [3.8, 4) is 0 Å². The van der Waals surface area contributed by atoms with E-state index >= 15 is 0 Å². The number of urea groups is 1. The first-order chi connectivity index (χ1) is 13.5. The smallest absolute Gasteiger partial charge is 0.335 e. The van der Waals surface area contributed by atoms with Crippen LogP contribution in [0.5, 0.6) is 0 Å². The van der Waals surface area contributed by atoms with E-state index in [1.54, 1.807) is 0 Å². The quantitative estimate of drug-likeness (QED) is 0.480. The number of anilines is 1. The van der Waals surface area contributed by atoms with Crippen molar-refractivity contribution in [2.24, 2.45) is 0 Å². The minimum atomic E-state index is -1.18. The molecule has 1 aromatic rings. The molecule has 1 aromatic carbocycles. The Kier molecular flexibility index (Phi) is 8.71. The molecule has 2 rings (SSSR count). The topological polar surface area (TPSA) is 108 Å². The van der Waals surface area contributed by atoms with Crippen LogP contribution in [0.4, 0.5) is 14.9 Å². The van der Waals surface area contributed by atoms with Crippen LogP contribution in [0.2, 0.25) is 0 Å². The summed E-state index contributed by atoms with van der Waals surface area (Å²) < 4.78 is 13.7. The summed E-state index contributed by atoms with van der Waals surface area (Å²) in [7, 11) is 0. The van der Waals surface area contributed by atoms with Gasteiger partial charge in [0, 0.05) is 19.0 Å². The zero-order valence-electron chi connectivity index (χ0n) is 15.9. The monoisotopic (exact) mass is 393 g/mol. The summed E-state index contributed by atoms with van der Waals surface area (Å²) in [6.45, 7) is 0.537. The zero-order chi connectivity index (χ0) is 20.4. The van der Waals surface area contributed by atoms with Crippen molar-refractivity contribution >= 4 is 23.6 Å². The predicted octanol–water partition coefficient (Wildman–Crippen LogP) is 3.65. The third-order valence-electron chi connectivity index (χ3n) is 4.79. The van der Waals surface area contributed by atoms with Crippen molar-refractivity contribution in [2.45, 2.75) is 63.8 Å². The van der Waals surface area contributed by atoms with E-state index in [1.165, 1.54) is 6.42 Å². The third kappa shape index (κ3) is 7.54. The zero-order valence-corrected chi connectivity index (χ0v) is 15.9. The number of rotatable bonds is 9. The van der Waals surface area contributed by atoms with Gasteiger partial charge in [-0.1, -0.05) is 25.7 Å². The lowest BCUT2D eigenvalue weighted by Gasteiger charge is -2.22. The Hall–Kier alpha value is -2.64. The number of carboxylic acid groups (broad SMARTS) is 1. The summed E-state index contributed by atoms with van der Waals surface area (Å²) in [5, 5.41) is 17.1. The van der Waals surface area contributed by atoms with Crippen LogP contribution in [-0.4, -0.2) is 35.6 Å². The second kappa shape index (κ2) is 11.3. The van der Waals surface area contributed by atoms with Gasteiger partial charge in [-0.3, -0.25) is 4.79 Å². The molecule has 1 fully saturated rings. The predicted molar refractivity (Wildman–Crippen MR) is 104 cm³/mol. The lowest BCUT2D eigenvalue weighted by Crippen LogP contribution is -2.43. The second-order valence-electron chi connectivity index (χ2n) is 7.09. The Balaban J connectivity index is 1.58. The number of hydrogen-bond donors (Lipinski definition) is 4. The maximum absolute atomic E-state index is 13.7. The van der Waals surface area contributed by atoms with E-state index in [0.717, 1.165) is 56.7 Å². The fourth-order valence-electron chi connectivity index (χ4n) is 3.24. The van der Waals surface area contributed by atoms with E-state index in [1.807, 2.05) is 0 Å². The minimum absolute atomic E-state index is 0.0886. The first-order valence-electron chi connectivity index (χ1n) is 9.83. The van der Waals surface area contributed by atoms with Crippen molar-refractivity contribution in [1.29, 1.82) is 0 Å². The maximum Gasteiger partial charge on any atom is 0.335 e. The standard InChI is InChI=1S/C20H28FN3O4/c21-16-11-10-14(19(26)27)13-17(16)24-18(25)9-5-2-6-12-22-20(28)23-15-7-3-1-4-8-15/h10-11,13,15H,1-9,12H2,(H,24,25)(H,26,27)(H2,22,23,28). The van der Waals surface area contributed by atoms with Crippen LogP contribution in [-0.2, 0) is 4.79 Å². The molecule has 0 radical (unpaired) electrons.